The maximum absolute atomic E-state index is 12.7. The van der Waals surface area contributed by atoms with Gasteiger partial charge in [-0.2, -0.15) is 0 Å². The maximum Gasteiger partial charge on any atom is 0.251 e. The summed E-state index contributed by atoms with van der Waals surface area (Å²) in [5.41, 5.74) is 5.11. The van der Waals surface area contributed by atoms with Crippen molar-refractivity contribution in [2.45, 2.75) is 24.8 Å². The van der Waals surface area contributed by atoms with Gasteiger partial charge in [0.2, 0.25) is 0 Å². The lowest BCUT2D eigenvalue weighted by Gasteiger charge is -2.26. The fourth-order valence-electron chi connectivity index (χ4n) is 5.18. The van der Waals surface area contributed by atoms with Crippen LogP contribution in [0.2, 0.25) is 0 Å². The lowest BCUT2D eigenvalue weighted by atomic mass is 9.95. The first kappa shape index (κ1) is 26.8. The Balaban J connectivity index is 1.21. The molecule has 0 aliphatic carbocycles. The summed E-state index contributed by atoms with van der Waals surface area (Å²) in [5, 5.41) is 6.83. The Morgan fingerprint density at radius 3 is 2.08 bits per heavy atom. The van der Waals surface area contributed by atoms with Crippen molar-refractivity contribution in [3.63, 3.8) is 0 Å². The van der Waals surface area contributed by atoms with Crippen LogP contribution in [0.25, 0.3) is 11.3 Å². The van der Waals surface area contributed by atoms with Gasteiger partial charge in [0.15, 0.2) is 0 Å². The van der Waals surface area contributed by atoms with Crippen LogP contribution in [0.4, 0.5) is 0 Å². The van der Waals surface area contributed by atoms with E-state index in [0.717, 1.165) is 22.6 Å². The van der Waals surface area contributed by atoms with Crippen LogP contribution in [0.1, 0.15) is 51.1 Å². The molecule has 40 heavy (non-hydrogen) atoms. The normalized spacial score (nSPS) is 19.0. The number of hydrogen-bond acceptors (Lipinski definition) is 5. The molecule has 1 unspecified atom stereocenters. The molecule has 1 aromatic heterocycles. The molecule has 3 atom stereocenters. The first-order valence-electron chi connectivity index (χ1n) is 13.2. The van der Waals surface area contributed by atoms with Gasteiger partial charge in [-0.1, -0.05) is 103 Å². The molecule has 7 heteroatoms. The highest BCUT2D eigenvalue weighted by Crippen LogP contribution is 2.51. The monoisotopic (exact) mass is 657 g/mol. The minimum absolute atomic E-state index is 0.0955. The number of benzene rings is 4. The van der Waals surface area contributed by atoms with Crippen LogP contribution in [0.5, 0.6) is 0 Å². The van der Waals surface area contributed by atoms with Gasteiger partial charge in [0, 0.05) is 38.9 Å². The largest absolute Gasteiger partial charge is 0.458 e. The van der Waals surface area contributed by atoms with E-state index in [1.54, 1.807) is 9.12 Å². The number of hydrogen-bond donors (Lipinski definition) is 2. The number of carbonyl (C=O) groups excluding carboxylic acids is 1. The highest BCUT2D eigenvalue weighted by Gasteiger charge is 2.44. The molecule has 1 aliphatic rings. The Bertz CT molecular complexity index is 1550. The Labute approximate surface area is 250 Å². The van der Waals surface area contributed by atoms with Crippen LogP contribution in [0.3, 0.4) is 0 Å². The van der Waals surface area contributed by atoms with Crippen molar-refractivity contribution in [3.8, 4) is 11.3 Å². The van der Waals surface area contributed by atoms with Crippen LogP contribution in [-0.4, -0.2) is 10.2 Å². The van der Waals surface area contributed by atoms with E-state index < -0.39 is 0 Å². The second-order valence-corrected chi connectivity index (χ2v) is 11.4. The van der Waals surface area contributed by atoms with Gasteiger partial charge in [0.25, 0.3) is 5.91 Å². The Morgan fingerprint density at radius 1 is 0.800 bits per heavy atom. The molecule has 1 fully saturated rings. The average Bonchev–Trinajstić information content (AvgIpc) is 3.67. The van der Waals surface area contributed by atoms with Crippen molar-refractivity contribution in [2.24, 2.45) is 0 Å². The van der Waals surface area contributed by atoms with E-state index in [1.807, 2.05) is 66.7 Å². The SMILES string of the molecule is O=C(NCc1ccccc1)c1ccc(-c2ccc(C3N[C@H](c4ccccc4)[C@@H](c4ccccc4)N3SI)o2)cc1. The molecule has 1 aliphatic heterocycles. The van der Waals surface area contributed by atoms with E-state index in [9.17, 15) is 4.79 Å². The van der Waals surface area contributed by atoms with Crippen molar-refractivity contribution >= 4 is 36.2 Å². The summed E-state index contributed by atoms with van der Waals surface area (Å²) in [5.74, 6) is 1.52. The fraction of sp³-hybridized carbons (Fsp3) is 0.121. The lowest BCUT2D eigenvalue weighted by molar-refractivity contribution is 0.0951. The molecule has 0 saturated carbocycles. The van der Waals surface area contributed by atoms with Crippen LogP contribution < -0.4 is 10.6 Å². The van der Waals surface area contributed by atoms with Gasteiger partial charge in [0.1, 0.15) is 17.7 Å². The zero-order chi connectivity index (χ0) is 27.3. The molecule has 6 rings (SSSR count). The molecular formula is C33H28IN3O2S. The van der Waals surface area contributed by atoms with E-state index >= 15 is 0 Å². The second-order valence-electron chi connectivity index (χ2n) is 9.69. The number of halogens is 1. The highest BCUT2D eigenvalue weighted by molar-refractivity contribution is 14.2. The predicted molar refractivity (Wildman–Crippen MR) is 169 cm³/mol. The van der Waals surface area contributed by atoms with Crippen LogP contribution >= 0.6 is 30.3 Å². The molecule has 0 bridgehead atoms. The summed E-state index contributed by atoms with van der Waals surface area (Å²) in [6, 6.07) is 42.9. The number of nitrogens with zero attached hydrogens (tertiary/aromatic N) is 1. The van der Waals surface area contributed by atoms with Crippen molar-refractivity contribution in [1.82, 2.24) is 14.9 Å². The third-order valence-electron chi connectivity index (χ3n) is 7.19. The van der Waals surface area contributed by atoms with Crippen molar-refractivity contribution < 1.29 is 9.21 Å². The van der Waals surface area contributed by atoms with Gasteiger partial charge in [-0.05, 0) is 50.1 Å². The molecule has 5 nitrogen and oxygen atoms in total. The summed E-state index contributed by atoms with van der Waals surface area (Å²) in [6.07, 6.45) is -0.117. The zero-order valence-corrected chi connectivity index (χ0v) is 24.6. The van der Waals surface area contributed by atoms with E-state index in [0.29, 0.717) is 12.1 Å². The molecule has 2 heterocycles. The van der Waals surface area contributed by atoms with Crippen molar-refractivity contribution in [2.75, 3.05) is 0 Å². The van der Waals surface area contributed by atoms with Crippen LogP contribution in [0.15, 0.2) is 132 Å². The van der Waals surface area contributed by atoms with E-state index in [-0.39, 0.29) is 24.2 Å². The summed E-state index contributed by atoms with van der Waals surface area (Å²) < 4.78 is 8.81. The maximum atomic E-state index is 12.7. The van der Waals surface area contributed by atoms with E-state index in [4.69, 9.17) is 4.42 Å². The van der Waals surface area contributed by atoms with Gasteiger partial charge in [0.05, 0.1) is 12.1 Å². The second kappa shape index (κ2) is 12.4. The first-order valence-corrected chi connectivity index (χ1v) is 16.5. The van der Waals surface area contributed by atoms with Gasteiger partial charge < -0.3 is 9.73 Å². The number of carbonyl (C=O) groups is 1. The van der Waals surface area contributed by atoms with Gasteiger partial charge in [-0.25, -0.2) is 4.31 Å². The third-order valence-corrected chi connectivity index (χ3v) is 9.15. The first-order chi connectivity index (χ1) is 19.7. The van der Waals surface area contributed by atoms with Gasteiger partial charge in [-0.3, -0.25) is 10.1 Å². The van der Waals surface area contributed by atoms with Gasteiger partial charge >= 0.3 is 0 Å². The molecule has 4 aromatic carbocycles. The summed E-state index contributed by atoms with van der Waals surface area (Å²) >= 11 is 2.36. The number of furan rings is 1. The Morgan fingerprint density at radius 2 is 1.43 bits per heavy atom. The smallest absolute Gasteiger partial charge is 0.251 e. The molecule has 0 radical (unpaired) electrons. The molecule has 200 valence electrons. The van der Waals surface area contributed by atoms with Crippen molar-refractivity contribution in [3.05, 3.63) is 155 Å². The lowest BCUT2D eigenvalue weighted by Crippen LogP contribution is -2.22. The molecule has 0 spiro atoms. The summed E-state index contributed by atoms with van der Waals surface area (Å²) in [6.45, 7) is 0.497. The van der Waals surface area contributed by atoms with Crippen LogP contribution in [-0.2, 0) is 6.54 Å². The number of rotatable bonds is 8. The van der Waals surface area contributed by atoms with Crippen LogP contribution in [0, 0.1) is 0 Å². The predicted octanol–water partition coefficient (Wildman–Crippen LogP) is 8.26. The molecule has 1 amide bonds. The number of amides is 1. The standard InChI is InChI=1S/C33H28IN3O2S/c34-40-37-31(26-14-8-3-9-15-26)30(25-12-6-2-7-13-25)36-32(37)29-21-20-28(39-29)24-16-18-27(19-17-24)33(38)35-22-23-10-4-1-5-11-23/h1-21,30-32,36H,22H2,(H,35,38)/t30-,31-,32?/m1/s1. The van der Waals surface area contributed by atoms with Gasteiger partial charge in [-0.15, -0.1) is 0 Å². The van der Waals surface area contributed by atoms with E-state index in [2.05, 4.69) is 96.8 Å². The molecule has 5 aromatic rings. The average molecular weight is 658 g/mol. The minimum Gasteiger partial charge on any atom is -0.458 e. The topological polar surface area (TPSA) is 57.5 Å². The Hall–Kier alpha value is -3.37. The Kier molecular flexibility index (Phi) is 8.34. The highest BCUT2D eigenvalue weighted by atomic mass is 127. The molecule has 2 N–H and O–H groups in total. The quantitative estimate of drug-likeness (QED) is 0.130. The summed E-state index contributed by atoms with van der Waals surface area (Å²) in [4.78, 5) is 12.7. The fourth-order valence-corrected chi connectivity index (χ4v) is 7.17. The molecular weight excluding hydrogens is 629 g/mol. The number of nitrogens with one attached hydrogen (secondary N) is 2. The zero-order valence-electron chi connectivity index (χ0n) is 21.6. The molecule has 1 saturated heterocycles. The van der Waals surface area contributed by atoms with E-state index in [1.165, 1.54) is 11.1 Å². The minimum atomic E-state index is -0.117. The summed E-state index contributed by atoms with van der Waals surface area (Å²) in [7, 11) is 1.69. The third kappa shape index (κ3) is 5.74. The van der Waals surface area contributed by atoms with Crippen molar-refractivity contribution in [1.29, 1.82) is 0 Å².